The third-order valence-corrected chi connectivity index (χ3v) is 2.12. The molecule has 0 fully saturated rings. The van der Waals surface area contributed by atoms with Crippen LogP contribution in [-0.2, 0) is 0 Å². The number of hydrogen-bond donors (Lipinski definition) is 2. The van der Waals surface area contributed by atoms with Gasteiger partial charge in [0, 0.05) is 7.05 Å². The van der Waals surface area contributed by atoms with Crippen LogP contribution in [0.1, 0.15) is 4.88 Å². The van der Waals surface area contributed by atoms with Gasteiger partial charge in [-0.05, 0) is 0 Å². The number of methoxy groups -OCH3 is 1. The van der Waals surface area contributed by atoms with Crippen LogP contribution in [0, 0.1) is 0 Å². The Morgan fingerprint density at radius 3 is 3.08 bits per heavy atom. The van der Waals surface area contributed by atoms with Gasteiger partial charge in [-0.2, -0.15) is 5.10 Å². The van der Waals surface area contributed by atoms with Gasteiger partial charge in [-0.1, -0.05) is 11.3 Å². The smallest absolute Gasteiger partial charge is 0.273 e. The second-order valence-corrected chi connectivity index (χ2v) is 2.91. The SMILES string of the molecule is CN/N=C(\N)c1cnc(OC)s1. The summed E-state index contributed by atoms with van der Waals surface area (Å²) in [5.74, 6) is 0.415. The quantitative estimate of drug-likeness (QED) is 0.395. The fraction of sp³-hybridized carbons (Fsp3) is 0.333. The Morgan fingerprint density at radius 1 is 1.83 bits per heavy atom. The Bertz CT molecular complexity index is 283. The molecule has 1 heterocycles. The van der Waals surface area contributed by atoms with Gasteiger partial charge in [0.25, 0.3) is 5.19 Å². The highest BCUT2D eigenvalue weighted by atomic mass is 32.1. The zero-order valence-corrected chi connectivity index (χ0v) is 7.68. The van der Waals surface area contributed by atoms with Crippen LogP contribution < -0.4 is 15.9 Å². The van der Waals surface area contributed by atoms with E-state index in [1.807, 2.05) is 0 Å². The summed E-state index contributed by atoms with van der Waals surface area (Å²) in [6.07, 6.45) is 1.62. The summed E-state index contributed by atoms with van der Waals surface area (Å²) in [6, 6.07) is 0. The maximum atomic E-state index is 5.58. The van der Waals surface area contributed by atoms with Gasteiger partial charge in [0.05, 0.1) is 18.2 Å². The molecule has 0 aliphatic carbocycles. The van der Waals surface area contributed by atoms with Gasteiger partial charge in [0.1, 0.15) is 0 Å². The lowest BCUT2D eigenvalue weighted by molar-refractivity contribution is 0.412. The predicted octanol–water partition coefficient (Wildman–Crippen LogP) is -0.00860. The van der Waals surface area contributed by atoms with E-state index in [1.165, 1.54) is 11.3 Å². The zero-order valence-electron chi connectivity index (χ0n) is 6.87. The summed E-state index contributed by atoms with van der Waals surface area (Å²) >= 11 is 1.35. The lowest BCUT2D eigenvalue weighted by Gasteiger charge is -1.93. The Kier molecular flexibility index (Phi) is 2.87. The largest absolute Gasteiger partial charge is 0.473 e. The van der Waals surface area contributed by atoms with Crippen molar-refractivity contribution in [2.75, 3.05) is 14.2 Å². The fourth-order valence-corrected chi connectivity index (χ4v) is 1.28. The first-order valence-electron chi connectivity index (χ1n) is 3.28. The van der Waals surface area contributed by atoms with Crippen molar-refractivity contribution in [3.05, 3.63) is 11.1 Å². The van der Waals surface area contributed by atoms with E-state index in [9.17, 15) is 0 Å². The number of hydrogen-bond acceptors (Lipinski definition) is 5. The highest BCUT2D eigenvalue weighted by Gasteiger charge is 2.04. The lowest BCUT2D eigenvalue weighted by atomic mass is 10.5. The zero-order chi connectivity index (χ0) is 8.97. The molecule has 66 valence electrons. The first-order chi connectivity index (χ1) is 5.77. The Morgan fingerprint density at radius 2 is 2.58 bits per heavy atom. The Hall–Kier alpha value is -1.30. The van der Waals surface area contributed by atoms with E-state index >= 15 is 0 Å². The number of rotatable bonds is 3. The molecule has 12 heavy (non-hydrogen) atoms. The van der Waals surface area contributed by atoms with Crippen LogP contribution in [0.3, 0.4) is 0 Å². The third-order valence-electron chi connectivity index (χ3n) is 1.14. The summed E-state index contributed by atoms with van der Waals surface area (Å²) < 4.78 is 4.90. The van der Waals surface area contributed by atoms with Crippen molar-refractivity contribution in [3.8, 4) is 5.19 Å². The topological polar surface area (TPSA) is 72.5 Å². The van der Waals surface area contributed by atoms with Crippen molar-refractivity contribution in [1.29, 1.82) is 0 Å². The van der Waals surface area contributed by atoms with Gasteiger partial charge in [0.15, 0.2) is 5.84 Å². The number of nitrogens with one attached hydrogen (secondary N) is 1. The first-order valence-corrected chi connectivity index (χ1v) is 4.09. The molecular weight excluding hydrogens is 176 g/mol. The number of ether oxygens (including phenoxy) is 1. The van der Waals surface area contributed by atoms with Crippen LogP contribution in [0.5, 0.6) is 5.19 Å². The monoisotopic (exact) mass is 186 g/mol. The number of hydrazone groups is 1. The summed E-state index contributed by atoms with van der Waals surface area (Å²) in [6.45, 7) is 0. The van der Waals surface area contributed by atoms with Gasteiger partial charge >= 0.3 is 0 Å². The number of aromatic nitrogens is 1. The molecule has 0 bridgehead atoms. The molecule has 0 unspecified atom stereocenters. The average Bonchev–Trinajstić information content (AvgIpc) is 2.52. The summed E-state index contributed by atoms with van der Waals surface area (Å²) in [4.78, 5) is 4.74. The van der Waals surface area contributed by atoms with Gasteiger partial charge in [-0.25, -0.2) is 4.98 Å². The number of thiazole rings is 1. The summed E-state index contributed by atoms with van der Waals surface area (Å²) in [7, 11) is 3.25. The van der Waals surface area contributed by atoms with Gasteiger partial charge in [-0.15, -0.1) is 0 Å². The molecular formula is C6H10N4OS. The van der Waals surface area contributed by atoms with E-state index in [1.54, 1.807) is 20.4 Å². The molecule has 3 N–H and O–H groups in total. The lowest BCUT2D eigenvalue weighted by Crippen LogP contribution is -2.15. The van der Waals surface area contributed by atoms with E-state index in [0.29, 0.717) is 11.0 Å². The van der Waals surface area contributed by atoms with Crippen LogP contribution >= 0.6 is 11.3 Å². The molecule has 6 heteroatoms. The number of amidine groups is 1. The van der Waals surface area contributed by atoms with E-state index in [0.717, 1.165) is 4.88 Å². The molecule has 0 saturated carbocycles. The summed E-state index contributed by atoms with van der Waals surface area (Å²) in [5.41, 5.74) is 8.17. The molecule has 0 spiro atoms. The molecule has 0 saturated heterocycles. The molecule has 0 aliphatic heterocycles. The standard InChI is InChI=1S/C6H10N4OS/c1-8-10-5(7)4-3-9-6(11-2)12-4/h3,8H,1-2H3,(H2,7,10). The molecule has 0 radical (unpaired) electrons. The molecule has 5 nitrogen and oxygen atoms in total. The van der Waals surface area contributed by atoms with Gasteiger partial charge in [0.2, 0.25) is 0 Å². The normalized spacial score (nSPS) is 11.3. The van der Waals surface area contributed by atoms with Crippen molar-refractivity contribution >= 4 is 17.2 Å². The van der Waals surface area contributed by atoms with Crippen molar-refractivity contribution in [2.24, 2.45) is 10.8 Å². The minimum atomic E-state index is 0.415. The number of nitrogens with two attached hydrogens (primary N) is 1. The fourth-order valence-electron chi connectivity index (χ4n) is 0.646. The highest BCUT2D eigenvalue weighted by molar-refractivity contribution is 7.15. The van der Waals surface area contributed by atoms with Crippen molar-refractivity contribution in [3.63, 3.8) is 0 Å². The van der Waals surface area contributed by atoms with Crippen LogP contribution in [0.2, 0.25) is 0 Å². The van der Waals surface area contributed by atoms with E-state index < -0.39 is 0 Å². The van der Waals surface area contributed by atoms with E-state index in [2.05, 4.69) is 15.5 Å². The second kappa shape index (κ2) is 3.91. The van der Waals surface area contributed by atoms with E-state index in [-0.39, 0.29) is 0 Å². The van der Waals surface area contributed by atoms with Gasteiger partial charge < -0.3 is 15.9 Å². The number of nitrogens with zero attached hydrogens (tertiary/aromatic N) is 2. The molecule has 1 aromatic rings. The maximum Gasteiger partial charge on any atom is 0.273 e. The predicted molar refractivity (Wildman–Crippen MR) is 48.5 cm³/mol. The van der Waals surface area contributed by atoms with E-state index in [4.69, 9.17) is 10.5 Å². The van der Waals surface area contributed by atoms with Crippen LogP contribution in [0.15, 0.2) is 11.3 Å². The summed E-state index contributed by atoms with van der Waals surface area (Å²) in [5, 5.41) is 4.38. The van der Waals surface area contributed by atoms with Gasteiger partial charge in [-0.3, -0.25) is 0 Å². The van der Waals surface area contributed by atoms with Crippen molar-refractivity contribution < 1.29 is 4.74 Å². The minimum Gasteiger partial charge on any atom is -0.473 e. The van der Waals surface area contributed by atoms with Crippen molar-refractivity contribution in [2.45, 2.75) is 0 Å². The maximum absolute atomic E-state index is 5.58. The second-order valence-electron chi connectivity index (χ2n) is 1.92. The Labute approximate surface area is 74.3 Å². The average molecular weight is 186 g/mol. The van der Waals surface area contributed by atoms with Crippen LogP contribution in [0.25, 0.3) is 0 Å². The molecule has 0 amide bonds. The highest BCUT2D eigenvalue weighted by Crippen LogP contribution is 2.18. The molecule has 1 rings (SSSR count). The minimum absolute atomic E-state index is 0.415. The van der Waals surface area contributed by atoms with Crippen LogP contribution in [-0.4, -0.2) is 25.0 Å². The first kappa shape index (κ1) is 8.79. The molecule has 1 aromatic heterocycles. The van der Waals surface area contributed by atoms with Crippen LogP contribution in [0.4, 0.5) is 0 Å². The van der Waals surface area contributed by atoms with Crippen molar-refractivity contribution in [1.82, 2.24) is 10.4 Å². The third kappa shape index (κ3) is 1.85. The molecule has 0 aromatic carbocycles. The Balaban J connectivity index is 2.81. The molecule has 0 atom stereocenters. The molecule has 0 aliphatic rings.